The number of aromatic nitrogens is 1. The zero-order valence-electron chi connectivity index (χ0n) is 19.1. The molecular weight excluding hydrogens is 519 g/mol. The number of benzene rings is 3. The number of ether oxygens (including phenoxy) is 1. The number of halogens is 4. The lowest BCUT2D eigenvalue weighted by atomic mass is 10.1. The quantitative estimate of drug-likeness (QED) is 0.226. The molecule has 3 aromatic carbocycles. The van der Waals surface area contributed by atoms with Crippen molar-refractivity contribution in [3.63, 3.8) is 0 Å². The summed E-state index contributed by atoms with van der Waals surface area (Å²) in [7, 11) is -3.41. The topological polar surface area (TPSA) is 103 Å². The SMILES string of the molecule is CS(=O)(=O)Nc1cccc([C@@H](O)CNCCOc2ccc3c(c2)[nH]c2cc(C(F)(F)F)ccc23)c1.Cl. The normalized spacial score (nSPS) is 12.9. The number of hydrogen-bond donors (Lipinski definition) is 4. The first-order chi connectivity index (χ1) is 16.5. The Labute approximate surface area is 212 Å². The van der Waals surface area contributed by atoms with Gasteiger partial charge in [-0.2, -0.15) is 13.2 Å². The van der Waals surface area contributed by atoms with Crippen molar-refractivity contribution in [1.29, 1.82) is 0 Å². The van der Waals surface area contributed by atoms with E-state index in [-0.39, 0.29) is 19.0 Å². The van der Waals surface area contributed by atoms with Gasteiger partial charge in [-0.1, -0.05) is 18.2 Å². The van der Waals surface area contributed by atoms with Crippen molar-refractivity contribution < 1.29 is 31.4 Å². The van der Waals surface area contributed by atoms with Crippen LogP contribution in [0.15, 0.2) is 60.7 Å². The minimum absolute atomic E-state index is 0. The molecule has 0 saturated carbocycles. The molecule has 36 heavy (non-hydrogen) atoms. The summed E-state index contributed by atoms with van der Waals surface area (Å²) in [5, 5.41) is 14.9. The highest BCUT2D eigenvalue weighted by molar-refractivity contribution is 7.92. The van der Waals surface area contributed by atoms with Gasteiger partial charge in [0.25, 0.3) is 0 Å². The number of aliphatic hydroxyl groups is 1. The Morgan fingerprint density at radius 1 is 1.03 bits per heavy atom. The number of aromatic amines is 1. The maximum absolute atomic E-state index is 13.0. The largest absolute Gasteiger partial charge is 0.492 e. The van der Waals surface area contributed by atoms with Gasteiger partial charge in [-0.3, -0.25) is 4.72 Å². The van der Waals surface area contributed by atoms with Gasteiger partial charge in [0.15, 0.2) is 0 Å². The number of anilines is 1. The molecule has 0 unspecified atom stereocenters. The van der Waals surface area contributed by atoms with Crippen LogP contribution in [0.1, 0.15) is 17.2 Å². The highest BCUT2D eigenvalue weighted by atomic mass is 35.5. The Morgan fingerprint density at radius 3 is 2.42 bits per heavy atom. The first-order valence-electron chi connectivity index (χ1n) is 10.7. The van der Waals surface area contributed by atoms with E-state index >= 15 is 0 Å². The predicted octanol–water partition coefficient (Wildman–Crippen LogP) is 4.84. The third-order valence-corrected chi connectivity index (χ3v) is 5.96. The van der Waals surface area contributed by atoms with Gasteiger partial charge in [-0.15, -0.1) is 12.4 Å². The van der Waals surface area contributed by atoms with Crippen LogP contribution in [-0.4, -0.2) is 44.5 Å². The van der Waals surface area contributed by atoms with E-state index < -0.39 is 27.9 Å². The summed E-state index contributed by atoms with van der Waals surface area (Å²) in [6, 6.07) is 15.4. The molecule has 0 fully saturated rings. The average molecular weight is 544 g/mol. The summed E-state index contributed by atoms with van der Waals surface area (Å²) in [4.78, 5) is 3.01. The minimum atomic E-state index is -4.41. The van der Waals surface area contributed by atoms with Gasteiger partial charge in [0.2, 0.25) is 10.0 Å². The molecule has 194 valence electrons. The fourth-order valence-corrected chi connectivity index (χ4v) is 4.33. The van der Waals surface area contributed by atoms with Crippen LogP contribution in [0.25, 0.3) is 21.8 Å². The van der Waals surface area contributed by atoms with Crippen LogP contribution in [0.2, 0.25) is 0 Å². The lowest BCUT2D eigenvalue weighted by molar-refractivity contribution is -0.137. The molecule has 0 saturated heterocycles. The zero-order chi connectivity index (χ0) is 25.2. The zero-order valence-corrected chi connectivity index (χ0v) is 20.7. The number of hydrogen-bond acceptors (Lipinski definition) is 5. The lowest BCUT2D eigenvalue weighted by Crippen LogP contribution is -2.26. The predicted molar refractivity (Wildman–Crippen MR) is 136 cm³/mol. The molecule has 1 atom stereocenters. The molecule has 0 aliphatic carbocycles. The third-order valence-electron chi connectivity index (χ3n) is 5.36. The number of rotatable bonds is 9. The molecule has 12 heteroatoms. The summed E-state index contributed by atoms with van der Waals surface area (Å²) in [6.07, 6.45) is -4.20. The maximum Gasteiger partial charge on any atom is 0.416 e. The summed E-state index contributed by atoms with van der Waals surface area (Å²) in [5.74, 6) is 0.557. The number of alkyl halides is 3. The Hall–Kier alpha value is -2.99. The maximum atomic E-state index is 13.0. The number of fused-ring (bicyclic) bond motifs is 3. The second kappa shape index (κ2) is 11.0. The molecule has 0 spiro atoms. The molecule has 0 bridgehead atoms. The van der Waals surface area contributed by atoms with E-state index in [1.165, 1.54) is 6.07 Å². The van der Waals surface area contributed by atoms with Crippen molar-refractivity contribution >= 4 is 49.9 Å². The molecule has 4 aromatic rings. The highest BCUT2D eigenvalue weighted by Gasteiger charge is 2.30. The van der Waals surface area contributed by atoms with E-state index in [2.05, 4.69) is 15.0 Å². The smallest absolute Gasteiger partial charge is 0.416 e. The fourth-order valence-electron chi connectivity index (χ4n) is 3.78. The number of H-pyrrole nitrogens is 1. The molecule has 0 radical (unpaired) electrons. The first-order valence-corrected chi connectivity index (χ1v) is 12.6. The Balaban J connectivity index is 0.00000361. The van der Waals surface area contributed by atoms with Crippen molar-refractivity contribution in [2.24, 2.45) is 0 Å². The van der Waals surface area contributed by atoms with E-state index in [0.29, 0.717) is 46.6 Å². The van der Waals surface area contributed by atoms with E-state index in [1.54, 1.807) is 42.5 Å². The van der Waals surface area contributed by atoms with E-state index in [1.807, 2.05) is 0 Å². The monoisotopic (exact) mass is 543 g/mol. The van der Waals surface area contributed by atoms with Crippen molar-refractivity contribution in [2.75, 3.05) is 30.7 Å². The molecule has 4 rings (SSSR count). The second-order valence-electron chi connectivity index (χ2n) is 8.16. The van der Waals surface area contributed by atoms with E-state index in [9.17, 15) is 26.7 Å². The van der Waals surface area contributed by atoms with Crippen molar-refractivity contribution in [2.45, 2.75) is 12.3 Å². The molecule has 0 aliphatic heterocycles. The fraction of sp³-hybridized carbons (Fsp3) is 0.250. The molecule has 1 aromatic heterocycles. The van der Waals surface area contributed by atoms with Gasteiger partial charge in [0, 0.05) is 41.1 Å². The van der Waals surface area contributed by atoms with Crippen LogP contribution in [0.5, 0.6) is 5.75 Å². The van der Waals surface area contributed by atoms with Gasteiger partial charge in [-0.05, 0) is 42.0 Å². The van der Waals surface area contributed by atoms with Crippen LogP contribution in [0.4, 0.5) is 18.9 Å². The van der Waals surface area contributed by atoms with Crippen LogP contribution < -0.4 is 14.8 Å². The molecule has 7 nitrogen and oxygen atoms in total. The van der Waals surface area contributed by atoms with Crippen LogP contribution in [0.3, 0.4) is 0 Å². The van der Waals surface area contributed by atoms with Crippen molar-refractivity contribution in [3.05, 3.63) is 71.8 Å². The molecule has 0 aliphatic rings. The minimum Gasteiger partial charge on any atom is -0.492 e. The Bertz CT molecular complexity index is 1460. The van der Waals surface area contributed by atoms with Gasteiger partial charge in [0.05, 0.1) is 23.4 Å². The van der Waals surface area contributed by atoms with Gasteiger partial charge in [0.1, 0.15) is 12.4 Å². The van der Waals surface area contributed by atoms with E-state index in [0.717, 1.165) is 23.8 Å². The molecule has 0 amide bonds. The van der Waals surface area contributed by atoms with Crippen molar-refractivity contribution in [3.8, 4) is 5.75 Å². The lowest BCUT2D eigenvalue weighted by Gasteiger charge is -2.14. The Morgan fingerprint density at radius 2 is 1.72 bits per heavy atom. The summed E-state index contributed by atoms with van der Waals surface area (Å²) >= 11 is 0. The number of nitrogens with one attached hydrogen (secondary N) is 3. The van der Waals surface area contributed by atoms with Crippen LogP contribution >= 0.6 is 12.4 Å². The van der Waals surface area contributed by atoms with Crippen LogP contribution in [-0.2, 0) is 16.2 Å². The Kier molecular flexibility index (Phi) is 8.40. The summed E-state index contributed by atoms with van der Waals surface area (Å²) in [6.45, 7) is 0.957. The van der Waals surface area contributed by atoms with Gasteiger partial charge >= 0.3 is 6.18 Å². The van der Waals surface area contributed by atoms with Gasteiger partial charge < -0.3 is 20.1 Å². The average Bonchev–Trinajstić information content (AvgIpc) is 3.14. The molecule has 1 heterocycles. The standard InChI is InChI=1S/C24H24F3N3O4S.ClH/c1-35(32,33)30-17-4-2-3-15(11-17)23(31)14-28-9-10-34-18-6-8-20-19-7-5-16(24(25,26)27)12-21(19)29-22(20)13-18;/h2-8,11-13,23,28-31H,9-10,14H2,1H3;1H/t23-;/m0./s1. The number of sulfonamides is 1. The molecule has 4 N–H and O–H groups in total. The van der Waals surface area contributed by atoms with Crippen molar-refractivity contribution in [1.82, 2.24) is 10.3 Å². The second-order valence-corrected chi connectivity index (χ2v) is 9.91. The highest BCUT2D eigenvalue weighted by Crippen LogP contribution is 2.34. The summed E-state index contributed by atoms with van der Waals surface area (Å²) < 4.78 is 69.8. The molecular formula is C24H25ClF3N3O4S. The third kappa shape index (κ3) is 6.82. The van der Waals surface area contributed by atoms with E-state index in [4.69, 9.17) is 4.74 Å². The van der Waals surface area contributed by atoms with Gasteiger partial charge in [-0.25, -0.2) is 8.42 Å². The van der Waals surface area contributed by atoms with Crippen LogP contribution in [0, 0.1) is 0 Å². The number of aliphatic hydroxyl groups excluding tert-OH is 1. The first kappa shape index (κ1) is 27.6. The summed E-state index contributed by atoms with van der Waals surface area (Å²) in [5.41, 5.74) is 1.29.